The number of aromatic nitrogens is 3. The van der Waals surface area contributed by atoms with E-state index in [2.05, 4.69) is 20.6 Å². The van der Waals surface area contributed by atoms with Crippen molar-refractivity contribution < 1.29 is 9.18 Å². The first-order valence-electron chi connectivity index (χ1n) is 10.7. The molecule has 0 fully saturated rings. The van der Waals surface area contributed by atoms with Crippen LogP contribution in [0.2, 0.25) is 0 Å². The van der Waals surface area contributed by atoms with Gasteiger partial charge in [0.1, 0.15) is 35.4 Å². The monoisotopic (exact) mass is 455 g/mol. The van der Waals surface area contributed by atoms with E-state index < -0.39 is 11.9 Å². The molecule has 4 aromatic rings. The molecule has 0 aliphatic rings. The Morgan fingerprint density at radius 1 is 1.21 bits per heavy atom. The Morgan fingerprint density at radius 2 is 1.97 bits per heavy atom. The number of pyridine rings is 1. The summed E-state index contributed by atoms with van der Waals surface area (Å²) in [4.78, 5) is 26.1. The molecule has 2 aromatic carbocycles. The van der Waals surface area contributed by atoms with Crippen molar-refractivity contribution in [2.45, 2.75) is 19.9 Å². The summed E-state index contributed by atoms with van der Waals surface area (Å²) in [5, 5.41) is 15.9. The molecule has 4 N–H and O–H groups in total. The highest BCUT2D eigenvalue weighted by atomic mass is 19.1. The molecule has 0 spiro atoms. The van der Waals surface area contributed by atoms with Crippen molar-refractivity contribution in [2.24, 2.45) is 0 Å². The normalized spacial score (nSPS) is 11.6. The van der Waals surface area contributed by atoms with Crippen molar-refractivity contribution in [3.63, 3.8) is 0 Å². The quantitative estimate of drug-likeness (QED) is 0.397. The topological polar surface area (TPSA) is 130 Å². The fraction of sp³-hybridized carbons (Fsp3) is 0.160. The van der Waals surface area contributed by atoms with Crippen LogP contribution in [0.5, 0.6) is 0 Å². The number of hydrogen-bond donors (Lipinski definition) is 3. The number of halogens is 1. The Labute approximate surface area is 195 Å². The smallest absolute Gasteiger partial charge is 0.252 e. The van der Waals surface area contributed by atoms with Crippen LogP contribution < -0.4 is 16.4 Å². The van der Waals surface area contributed by atoms with Gasteiger partial charge in [-0.05, 0) is 37.6 Å². The van der Waals surface area contributed by atoms with E-state index in [0.717, 1.165) is 5.56 Å². The van der Waals surface area contributed by atoms with Gasteiger partial charge in [-0.2, -0.15) is 5.26 Å². The minimum atomic E-state index is -0.501. The van der Waals surface area contributed by atoms with Gasteiger partial charge in [0.2, 0.25) is 0 Å². The third kappa shape index (κ3) is 4.21. The van der Waals surface area contributed by atoms with Gasteiger partial charge in [-0.1, -0.05) is 30.3 Å². The van der Waals surface area contributed by atoms with Crippen LogP contribution in [-0.4, -0.2) is 27.4 Å². The second-order valence-electron chi connectivity index (χ2n) is 7.59. The predicted molar refractivity (Wildman–Crippen MR) is 128 cm³/mol. The van der Waals surface area contributed by atoms with E-state index in [1.165, 1.54) is 18.5 Å². The number of nitrogen functional groups attached to an aromatic ring is 1. The number of amides is 1. The summed E-state index contributed by atoms with van der Waals surface area (Å²) in [6, 6.07) is 15.0. The van der Waals surface area contributed by atoms with Gasteiger partial charge in [0.05, 0.1) is 22.8 Å². The summed E-state index contributed by atoms with van der Waals surface area (Å²) in [6.45, 7) is 4.06. The first-order valence-corrected chi connectivity index (χ1v) is 10.7. The van der Waals surface area contributed by atoms with Crippen molar-refractivity contribution in [3.05, 3.63) is 77.5 Å². The Balaban J connectivity index is 1.99. The van der Waals surface area contributed by atoms with Gasteiger partial charge in [-0.25, -0.2) is 19.3 Å². The lowest BCUT2D eigenvalue weighted by molar-refractivity contribution is 0.0958. The standard InChI is InChI=1S/C25H22FN7O/c1-3-29-25(34)21-17-11-16(26)9-10-19(17)33-22(20(21)15-7-5-4-6-8-15)14(2)32-24-18(12-27)23(28)30-13-31-24/h4-11,13-14H,3H2,1-2H3,(H,29,34)(H3,28,30,31,32)/t14-/m0/s1. The third-order valence-electron chi connectivity index (χ3n) is 5.35. The van der Waals surface area contributed by atoms with Crippen LogP contribution in [0.1, 0.15) is 41.5 Å². The Morgan fingerprint density at radius 3 is 2.68 bits per heavy atom. The SMILES string of the molecule is CCNC(=O)c1c(-c2ccccc2)c([C@H](C)Nc2ncnc(N)c2C#N)nc2ccc(F)cc12. The lowest BCUT2D eigenvalue weighted by Crippen LogP contribution is -2.25. The van der Waals surface area contributed by atoms with Crippen LogP contribution in [0.3, 0.4) is 0 Å². The van der Waals surface area contributed by atoms with E-state index in [-0.39, 0.29) is 23.1 Å². The molecule has 0 aliphatic carbocycles. The van der Waals surface area contributed by atoms with Crippen LogP contribution in [0, 0.1) is 17.1 Å². The van der Waals surface area contributed by atoms with E-state index in [1.54, 1.807) is 6.07 Å². The molecule has 8 nitrogen and oxygen atoms in total. The molecule has 2 heterocycles. The second-order valence-corrected chi connectivity index (χ2v) is 7.59. The van der Waals surface area contributed by atoms with Crippen LogP contribution in [0.15, 0.2) is 54.9 Å². The van der Waals surface area contributed by atoms with Gasteiger partial charge in [-0.15, -0.1) is 0 Å². The van der Waals surface area contributed by atoms with Crippen LogP contribution >= 0.6 is 0 Å². The van der Waals surface area contributed by atoms with Gasteiger partial charge < -0.3 is 16.4 Å². The van der Waals surface area contributed by atoms with Crippen LogP contribution in [-0.2, 0) is 0 Å². The molecule has 0 bridgehead atoms. The summed E-state index contributed by atoms with van der Waals surface area (Å²) < 4.78 is 14.2. The van der Waals surface area contributed by atoms with Gasteiger partial charge >= 0.3 is 0 Å². The zero-order valence-corrected chi connectivity index (χ0v) is 18.6. The van der Waals surface area contributed by atoms with Crippen LogP contribution in [0.4, 0.5) is 16.0 Å². The highest BCUT2D eigenvalue weighted by Crippen LogP contribution is 2.36. The van der Waals surface area contributed by atoms with E-state index in [1.807, 2.05) is 50.2 Å². The number of rotatable bonds is 6. The molecule has 1 amide bonds. The minimum Gasteiger partial charge on any atom is -0.382 e. The number of fused-ring (bicyclic) bond motifs is 1. The number of nitrogens with one attached hydrogen (secondary N) is 2. The molecular weight excluding hydrogens is 433 g/mol. The number of anilines is 2. The molecule has 0 saturated heterocycles. The molecule has 2 aromatic heterocycles. The maximum Gasteiger partial charge on any atom is 0.252 e. The molecule has 4 rings (SSSR count). The van der Waals surface area contributed by atoms with E-state index in [9.17, 15) is 14.4 Å². The molecular formula is C25H22FN7O. The van der Waals surface area contributed by atoms with Crippen molar-refractivity contribution in [2.75, 3.05) is 17.6 Å². The lowest BCUT2D eigenvalue weighted by atomic mass is 9.91. The van der Waals surface area contributed by atoms with Gasteiger partial charge in [0.25, 0.3) is 5.91 Å². The summed E-state index contributed by atoms with van der Waals surface area (Å²) in [5.74, 6) is -0.493. The third-order valence-corrected chi connectivity index (χ3v) is 5.35. The number of nitrogens with zero attached hydrogens (tertiary/aromatic N) is 4. The molecule has 0 radical (unpaired) electrons. The minimum absolute atomic E-state index is 0.0560. The maximum atomic E-state index is 14.2. The van der Waals surface area contributed by atoms with Gasteiger partial charge in [-0.3, -0.25) is 4.79 Å². The van der Waals surface area contributed by atoms with E-state index >= 15 is 0 Å². The van der Waals surface area contributed by atoms with Crippen molar-refractivity contribution in [1.29, 1.82) is 5.26 Å². The number of carbonyl (C=O) groups excluding carboxylic acids is 1. The second kappa shape index (κ2) is 9.50. The van der Waals surface area contributed by atoms with Crippen molar-refractivity contribution >= 4 is 28.4 Å². The van der Waals surface area contributed by atoms with Gasteiger partial charge in [0, 0.05) is 17.5 Å². The number of nitriles is 1. The molecule has 9 heteroatoms. The Bertz CT molecular complexity index is 1420. The van der Waals surface area contributed by atoms with E-state index in [4.69, 9.17) is 10.7 Å². The van der Waals surface area contributed by atoms with Crippen molar-refractivity contribution in [1.82, 2.24) is 20.3 Å². The van der Waals surface area contributed by atoms with Gasteiger partial charge in [0.15, 0.2) is 0 Å². The first kappa shape index (κ1) is 22.6. The first-order chi connectivity index (χ1) is 16.4. The zero-order chi connectivity index (χ0) is 24.2. The molecule has 0 saturated carbocycles. The predicted octanol–water partition coefficient (Wildman–Crippen LogP) is 4.21. The molecule has 0 unspecified atom stereocenters. The zero-order valence-electron chi connectivity index (χ0n) is 18.6. The summed E-state index contributed by atoms with van der Waals surface area (Å²) in [6.07, 6.45) is 1.26. The molecule has 1 atom stereocenters. The maximum absolute atomic E-state index is 14.2. The summed E-state index contributed by atoms with van der Waals surface area (Å²) in [5.41, 5.74) is 8.58. The Hall–Kier alpha value is -4.58. The Kier molecular flexibility index (Phi) is 6.32. The lowest BCUT2D eigenvalue weighted by Gasteiger charge is -2.22. The highest BCUT2D eigenvalue weighted by Gasteiger charge is 2.25. The number of nitrogens with two attached hydrogens (primary N) is 1. The highest BCUT2D eigenvalue weighted by molar-refractivity contribution is 6.12. The average Bonchev–Trinajstić information content (AvgIpc) is 2.83. The number of benzene rings is 2. The molecule has 34 heavy (non-hydrogen) atoms. The molecule has 170 valence electrons. The largest absolute Gasteiger partial charge is 0.382 e. The van der Waals surface area contributed by atoms with E-state index in [0.29, 0.717) is 34.3 Å². The summed E-state index contributed by atoms with van der Waals surface area (Å²) >= 11 is 0. The average molecular weight is 455 g/mol. The number of hydrogen-bond acceptors (Lipinski definition) is 7. The summed E-state index contributed by atoms with van der Waals surface area (Å²) in [7, 11) is 0. The van der Waals surface area contributed by atoms with Crippen LogP contribution in [0.25, 0.3) is 22.0 Å². The fourth-order valence-corrected chi connectivity index (χ4v) is 3.84. The molecule has 0 aliphatic heterocycles. The van der Waals surface area contributed by atoms with Crippen molar-refractivity contribution in [3.8, 4) is 17.2 Å². The fourth-order valence-electron chi connectivity index (χ4n) is 3.84. The number of carbonyl (C=O) groups is 1.